The summed E-state index contributed by atoms with van der Waals surface area (Å²) in [6.07, 6.45) is 3.96. The summed E-state index contributed by atoms with van der Waals surface area (Å²) in [6.45, 7) is 3.24. The maximum atomic E-state index is 10.2. The van der Waals surface area contributed by atoms with Gasteiger partial charge in [-0.05, 0) is 18.5 Å². The number of benzene rings is 1. The maximum absolute atomic E-state index is 10.2. The molecule has 0 saturated heterocycles. The van der Waals surface area contributed by atoms with E-state index >= 15 is 0 Å². The van der Waals surface area contributed by atoms with E-state index in [-0.39, 0.29) is 5.92 Å². The minimum atomic E-state index is -0.528. The fourth-order valence-electron chi connectivity index (χ4n) is 2.18. The summed E-state index contributed by atoms with van der Waals surface area (Å²) < 4.78 is 1.84. The van der Waals surface area contributed by atoms with E-state index < -0.39 is 6.10 Å². The lowest BCUT2D eigenvalue weighted by Gasteiger charge is -2.18. The van der Waals surface area contributed by atoms with E-state index in [0.29, 0.717) is 13.1 Å². The molecule has 0 spiro atoms. The van der Waals surface area contributed by atoms with E-state index in [1.807, 2.05) is 36.0 Å². The van der Waals surface area contributed by atoms with Crippen LogP contribution in [0.25, 0.3) is 0 Å². The van der Waals surface area contributed by atoms with Crippen LogP contribution >= 0.6 is 0 Å². The van der Waals surface area contributed by atoms with E-state index in [0.717, 1.165) is 12.0 Å². The Kier molecular flexibility index (Phi) is 4.71. The first-order valence-electron chi connectivity index (χ1n) is 6.69. The van der Waals surface area contributed by atoms with Crippen LogP contribution in [0.15, 0.2) is 42.7 Å². The lowest BCUT2D eigenvalue weighted by atomic mass is 9.96. The first-order valence-corrected chi connectivity index (χ1v) is 6.69. The first kappa shape index (κ1) is 13.8. The van der Waals surface area contributed by atoms with E-state index in [1.54, 1.807) is 6.20 Å². The molecule has 2 rings (SSSR count). The van der Waals surface area contributed by atoms with Gasteiger partial charge in [-0.1, -0.05) is 37.3 Å². The van der Waals surface area contributed by atoms with Gasteiger partial charge in [-0.25, -0.2) is 0 Å². The molecule has 102 valence electrons. The summed E-state index contributed by atoms with van der Waals surface area (Å²) in [4.78, 5) is 0. The first-order chi connectivity index (χ1) is 9.24. The zero-order valence-electron chi connectivity index (χ0n) is 11.2. The van der Waals surface area contributed by atoms with Crippen LogP contribution in [-0.2, 0) is 6.54 Å². The molecule has 1 aromatic heterocycles. The third-order valence-electron chi connectivity index (χ3n) is 3.46. The highest BCUT2D eigenvalue weighted by Gasteiger charge is 2.19. The van der Waals surface area contributed by atoms with Crippen molar-refractivity contribution in [3.8, 4) is 0 Å². The number of hydrogen-bond donors (Lipinski definition) is 2. The molecular weight excluding hydrogens is 238 g/mol. The maximum Gasteiger partial charge on any atom is 0.0860 e. The summed E-state index contributed by atoms with van der Waals surface area (Å²) >= 11 is 0. The molecule has 0 aliphatic rings. The monoisotopic (exact) mass is 259 g/mol. The molecule has 2 unspecified atom stereocenters. The minimum absolute atomic E-state index is 0.0920. The average molecular weight is 259 g/mol. The van der Waals surface area contributed by atoms with Gasteiger partial charge in [-0.2, -0.15) is 5.10 Å². The molecule has 1 aromatic carbocycles. The van der Waals surface area contributed by atoms with E-state index in [4.69, 9.17) is 5.73 Å². The number of aromatic nitrogens is 2. The molecule has 0 radical (unpaired) electrons. The van der Waals surface area contributed by atoms with Crippen molar-refractivity contribution >= 4 is 0 Å². The summed E-state index contributed by atoms with van der Waals surface area (Å²) in [5, 5.41) is 14.5. The highest BCUT2D eigenvalue weighted by atomic mass is 16.3. The van der Waals surface area contributed by atoms with Gasteiger partial charge in [-0.15, -0.1) is 0 Å². The smallest absolute Gasteiger partial charge is 0.0860 e. The van der Waals surface area contributed by atoms with Crippen LogP contribution in [0, 0.1) is 5.92 Å². The van der Waals surface area contributed by atoms with Gasteiger partial charge in [0.2, 0.25) is 0 Å². The van der Waals surface area contributed by atoms with Crippen LogP contribution in [0.3, 0.4) is 0 Å². The minimum Gasteiger partial charge on any atom is -0.388 e. The van der Waals surface area contributed by atoms with Crippen LogP contribution in [0.2, 0.25) is 0 Å². The second-order valence-electron chi connectivity index (χ2n) is 4.81. The van der Waals surface area contributed by atoms with Crippen LogP contribution < -0.4 is 5.73 Å². The topological polar surface area (TPSA) is 64.1 Å². The Morgan fingerprint density at radius 3 is 2.68 bits per heavy atom. The molecule has 2 aromatic rings. The fraction of sp³-hybridized carbons (Fsp3) is 0.400. The quantitative estimate of drug-likeness (QED) is 0.833. The highest BCUT2D eigenvalue weighted by molar-refractivity contribution is 5.16. The van der Waals surface area contributed by atoms with Crippen molar-refractivity contribution in [3.63, 3.8) is 0 Å². The number of aliphatic hydroxyl groups is 1. The molecule has 0 fully saturated rings. The second kappa shape index (κ2) is 6.50. The van der Waals surface area contributed by atoms with Crippen molar-refractivity contribution in [2.24, 2.45) is 11.7 Å². The van der Waals surface area contributed by atoms with Gasteiger partial charge in [-0.3, -0.25) is 4.68 Å². The Hall–Kier alpha value is -1.65. The number of hydrogen-bond acceptors (Lipinski definition) is 3. The van der Waals surface area contributed by atoms with E-state index in [1.165, 1.54) is 5.56 Å². The lowest BCUT2D eigenvalue weighted by molar-refractivity contribution is 0.110. The molecule has 0 bridgehead atoms. The lowest BCUT2D eigenvalue weighted by Crippen LogP contribution is -2.20. The third-order valence-corrected chi connectivity index (χ3v) is 3.46. The number of nitrogens with zero attached hydrogens (tertiary/aromatic N) is 2. The summed E-state index contributed by atoms with van der Waals surface area (Å²) in [7, 11) is 0. The van der Waals surface area contributed by atoms with Crippen molar-refractivity contribution in [2.75, 3.05) is 6.54 Å². The molecule has 0 aliphatic heterocycles. The molecular formula is C15H21N3O. The second-order valence-corrected chi connectivity index (χ2v) is 4.81. The van der Waals surface area contributed by atoms with E-state index in [9.17, 15) is 5.11 Å². The molecule has 0 amide bonds. The Balaban J connectivity index is 2.06. The Morgan fingerprint density at radius 1 is 1.32 bits per heavy atom. The number of nitrogens with two attached hydrogens (primary N) is 1. The number of aliphatic hydroxyl groups excluding tert-OH is 1. The molecule has 0 saturated carbocycles. The molecule has 19 heavy (non-hydrogen) atoms. The van der Waals surface area contributed by atoms with Crippen molar-refractivity contribution in [2.45, 2.75) is 26.0 Å². The summed E-state index contributed by atoms with van der Waals surface area (Å²) in [6, 6.07) is 10.1. The average Bonchev–Trinajstić information content (AvgIpc) is 2.89. The normalized spacial score (nSPS) is 14.3. The summed E-state index contributed by atoms with van der Waals surface area (Å²) in [5.74, 6) is 0.0920. The molecule has 4 heteroatoms. The molecule has 1 heterocycles. The van der Waals surface area contributed by atoms with Gasteiger partial charge in [0.1, 0.15) is 0 Å². The van der Waals surface area contributed by atoms with Gasteiger partial charge in [0.25, 0.3) is 0 Å². The van der Waals surface area contributed by atoms with Gasteiger partial charge in [0.15, 0.2) is 0 Å². The summed E-state index contributed by atoms with van der Waals surface area (Å²) in [5.41, 5.74) is 7.70. The standard InChI is InChI=1S/C15H21N3O/c1-2-13(8-16)15(19)14-9-17-18(11-14)10-12-6-4-3-5-7-12/h3-7,9,11,13,15,19H,2,8,10,16H2,1H3. The zero-order valence-corrected chi connectivity index (χ0v) is 11.2. The third kappa shape index (κ3) is 3.43. The van der Waals surface area contributed by atoms with Crippen molar-refractivity contribution in [1.82, 2.24) is 9.78 Å². The highest BCUT2D eigenvalue weighted by Crippen LogP contribution is 2.23. The van der Waals surface area contributed by atoms with Crippen LogP contribution in [0.1, 0.15) is 30.6 Å². The van der Waals surface area contributed by atoms with Gasteiger partial charge >= 0.3 is 0 Å². The van der Waals surface area contributed by atoms with Crippen LogP contribution in [0.5, 0.6) is 0 Å². The number of rotatable bonds is 6. The van der Waals surface area contributed by atoms with Crippen molar-refractivity contribution in [1.29, 1.82) is 0 Å². The Labute approximate surface area is 113 Å². The zero-order chi connectivity index (χ0) is 13.7. The largest absolute Gasteiger partial charge is 0.388 e. The van der Waals surface area contributed by atoms with Gasteiger partial charge < -0.3 is 10.8 Å². The fourth-order valence-corrected chi connectivity index (χ4v) is 2.18. The Bertz CT molecular complexity index is 491. The van der Waals surface area contributed by atoms with Crippen LogP contribution in [-0.4, -0.2) is 21.4 Å². The van der Waals surface area contributed by atoms with Gasteiger partial charge in [0, 0.05) is 17.7 Å². The molecule has 4 nitrogen and oxygen atoms in total. The molecule has 3 N–H and O–H groups in total. The van der Waals surface area contributed by atoms with Crippen molar-refractivity contribution < 1.29 is 5.11 Å². The molecule has 0 aliphatic carbocycles. The van der Waals surface area contributed by atoms with Crippen molar-refractivity contribution in [3.05, 3.63) is 53.9 Å². The SMILES string of the molecule is CCC(CN)C(O)c1cnn(Cc2ccccc2)c1. The predicted octanol–water partition coefficient (Wildman–Crippen LogP) is 1.95. The van der Waals surface area contributed by atoms with Gasteiger partial charge in [0.05, 0.1) is 18.8 Å². The molecule has 2 atom stereocenters. The van der Waals surface area contributed by atoms with E-state index in [2.05, 4.69) is 17.2 Å². The Morgan fingerprint density at radius 2 is 2.05 bits per heavy atom. The van der Waals surface area contributed by atoms with Crippen LogP contribution in [0.4, 0.5) is 0 Å². The predicted molar refractivity (Wildman–Crippen MR) is 75.6 cm³/mol.